The maximum Gasteiger partial charge on any atom is 0.279 e. The van der Waals surface area contributed by atoms with E-state index in [0.29, 0.717) is 25.6 Å². The quantitative estimate of drug-likeness (QED) is 0.675. The predicted molar refractivity (Wildman–Crippen MR) is 80.9 cm³/mol. The minimum absolute atomic E-state index is 0.372. The second-order valence-electron chi connectivity index (χ2n) is 6.42. The Bertz CT molecular complexity index is 379. The maximum absolute atomic E-state index is 12.3. The lowest BCUT2D eigenvalue weighted by molar-refractivity contribution is 0.193. The first kappa shape index (κ1) is 17.8. The van der Waals surface area contributed by atoms with Crippen molar-refractivity contribution in [3.05, 3.63) is 0 Å². The second-order valence-corrected chi connectivity index (χ2v) is 8.09. The van der Waals surface area contributed by atoms with E-state index in [-0.39, 0.29) is 0 Å². The lowest BCUT2D eigenvalue weighted by Crippen LogP contribution is -2.52. The molecule has 1 saturated heterocycles. The van der Waals surface area contributed by atoms with Crippen LogP contribution in [0.3, 0.4) is 0 Å². The molecule has 0 aromatic heterocycles. The molecule has 120 valence electrons. The molecule has 0 spiro atoms. The van der Waals surface area contributed by atoms with Gasteiger partial charge in [0.05, 0.1) is 6.61 Å². The first-order valence-electron chi connectivity index (χ1n) is 7.23. The highest BCUT2D eigenvalue weighted by Gasteiger charge is 2.31. The van der Waals surface area contributed by atoms with Crippen molar-refractivity contribution in [1.29, 1.82) is 0 Å². The number of hydrogen-bond acceptors (Lipinski definition) is 4. The lowest BCUT2D eigenvalue weighted by atomic mass is 10.00. The van der Waals surface area contributed by atoms with E-state index < -0.39 is 15.7 Å². The zero-order valence-corrected chi connectivity index (χ0v) is 13.9. The Morgan fingerprint density at radius 1 is 1.35 bits per heavy atom. The fourth-order valence-corrected chi connectivity index (χ4v) is 4.02. The van der Waals surface area contributed by atoms with Crippen LogP contribution >= 0.6 is 0 Å². The minimum Gasteiger partial charge on any atom is -0.383 e. The molecule has 1 atom stereocenters. The summed E-state index contributed by atoms with van der Waals surface area (Å²) in [6.07, 6.45) is 1.99. The van der Waals surface area contributed by atoms with Gasteiger partial charge in [-0.2, -0.15) is 17.4 Å². The van der Waals surface area contributed by atoms with Crippen molar-refractivity contribution in [2.45, 2.75) is 39.2 Å². The molecule has 0 aliphatic carbocycles. The van der Waals surface area contributed by atoms with Crippen LogP contribution in [-0.2, 0) is 14.9 Å². The van der Waals surface area contributed by atoms with E-state index in [1.165, 1.54) is 0 Å². The average Bonchev–Trinajstić information content (AvgIpc) is 2.32. The Balaban J connectivity index is 2.47. The van der Waals surface area contributed by atoms with E-state index >= 15 is 0 Å². The normalized spacial score (nSPS) is 22.1. The van der Waals surface area contributed by atoms with Gasteiger partial charge in [0.15, 0.2) is 0 Å². The Labute approximate surface area is 123 Å². The molecule has 0 bridgehead atoms. The van der Waals surface area contributed by atoms with Crippen molar-refractivity contribution in [3.63, 3.8) is 0 Å². The zero-order valence-electron chi connectivity index (χ0n) is 13.1. The molecule has 0 saturated carbocycles. The SMILES string of the molecule is COCCNCC1CCCN(S(=O)(=O)NC(C)(C)C)C1. The Morgan fingerprint density at radius 3 is 2.65 bits per heavy atom. The van der Waals surface area contributed by atoms with Crippen LogP contribution < -0.4 is 10.0 Å². The molecular formula is C13H29N3O3S. The summed E-state index contributed by atoms with van der Waals surface area (Å²) in [6.45, 7) is 9.10. The van der Waals surface area contributed by atoms with Gasteiger partial charge in [0.25, 0.3) is 10.2 Å². The van der Waals surface area contributed by atoms with Crippen molar-refractivity contribution < 1.29 is 13.2 Å². The third kappa shape index (κ3) is 6.49. The predicted octanol–water partition coefficient (Wildman–Crippen LogP) is 0.567. The summed E-state index contributed by atoms with van der Waals surface area (Å²) in [4.78, 5) is 0. The van der Waals surface area contributed by atoms with Crippen LogP contribution in [0.4, 0.5) is 0 Å². The van der Waals surface area contributed by atoms with E-state index in [9.17, 15) is 8.42 Å². The first-order valence-corrected chi connectivity index (χ1v) is 8.67. The largest absolute Gasteiger partial charge is 0.383 e. The standard InChI is InChI=1S/C13H29N3O3S/c1-13(2,3)15-20(17,18)16-8-5-6-12(11-16)10-14-7-9-19-4/h12,14-15H,5-11H2,1-4H3. The van der Waals surface area contributed by atoms with Gasteiger partial charge in [0, 0.05) is 32.3 Å². The van der Waals surface area contributed by atoms with E-state index in [4.69, 9.17) is 4.74 Å². The molecule has 0 radical (unpaired) electrons. The third-order valence-electron chi connectivity index (χ3n) is 3.17. The number of methoxy groups -OCH3 is 1. The molecule has 1 fully saturated rings. The van der Waals surface area contributed by atoms with Crippen LogP contribution in [0.1, 0.15) is 33.6 Å². The molecule has 7 heteroatoms. The van der Waals surface area contributed by atoms with Crippen LogP contribution in [0, 0.1) is 5.92 Å². The van der Waals surface area contributed by atoms with Crippen molar-refractivity contribution in [2.24, 2.45) is 5.92 Å². The second kappa shape index (κ2) is 7.70. The fourth-order valence-electron chi connectivity index (χ4n) is 2.34. The summed E-state index contributed by atoms with van der Waals surface area (Å²) in [7, 11) is -1.70. The van der Waals surface area contributed by atoms with E-state index in [1.54, 1.807) is 11.4 Å². The van der Waals surface area contributed by atoms with E-state index in [0.717, 1.165) is 25.9 Å². The van der Waals surface area contributed by atoms with Gasteiger partial charge < -0.3 is 10.1 Å². The molecule has 1 rings (SSSR count). The van der Waals surface area contributed by atoms with Gasteiger partial charge in [-0.3, -0.25) is 0 Å². The Morgan fingerprint density at radius 2 is 2.05 bits per heavy atom. The maximum atomic E-state index is 12.3. The van der Waals surface area contributed by atoms with Crippen LogP contribution in [0.2, 0.25) is 0 Å². The molecule has 1 aliphatic rings. The van der Waals surface area contributed by atoms with Gasteiger partial charge in [-0.15, -0.1) is 0 Å². The molecule has 0 aromatic carbocycles. The summed E-state index contributed by atoms with van der Waals surface area (Å²) in [5, 5.41) is 3.31. The molecule has 1 heterocycles. The van der Waals surface area contributed by atoms with Crippen LogP contribution in [-0.4, -0.2) is 58.2 Å². The van der Waals surface area contributed by atoms with Gasteiger partial charge >= 0.3 is 0 Å². The van der Waals surface area contributed by atoms with Gasteiger partial charge in [0.1, 0.15) is 0 Å². The summed E-state index contributed by atoms with van der Waals surface area (Å²) < 4.78 is 33.9. The van der Waals surface area contributed by atoms with E-state index in [1.807, 2.05) is 20.8 Å². The van der Waals surface area contributed by atoms with Crippen molar-refractivity contribution >= 4 is 10.2 Å². The molecule has 0 amide bonds. The number of rotatable bonds is 7. The number of nitrogens with zero attached hydrogens (tertiary/aromatic N) is 1. The zero-order chi connectivity index (χ0) is 15.2. The topological polar surface area (TPSA) is 70.7 Å². The molecule has 20 heavy (non-hydrogen) atoms. The number of piperidine rings is 1. The Hall–Kier alpha value is -0.210. The van der Waals surface area contributed by atoms with Crippen LogP contribution in [0.15, 0.2) is 0 Å². The monoisotopic (exact) mass is 307 g/mol. The molecule has 1 aliphatic heterocycles. The number of nitrogens with one attached hydrogen (secondary N) is 2. The first-order chi connectivity index (χ1) is 9.24. The van der Waals surface area contributed by atoms with Gasteiger partial charge in [-0.05, 0) is 46.1 Å². The molecule has 2 N–H and O–H groups in total. The summed E-state index contributed by atoms with van der Waals surface area (Å²) >= 11 is 0. The van der Waals surface area contributed by atoms with Crippen LogP contribution in [0.25, 0.3) is 0 Å². The van der Waals surface area contributed by atoms with Crippen molar-refractivity contribution in [3.8, 4) is 0 Å². The third-order valence-corrected chi connectivity index (χ3v) is 5.05. The highest BCUT2D eigenvalue weighted by Crippen LogP contribution is 2.19. The van der Waals surface area contributed by atoms with E-state index in [2.05, 4.69) is 10.0 Å². The van der Waals surface area contributed by atoms with Gasteiger partial charge in [0.2, 0.25) is 0 Å². The lowest BCUT2D eigenvalue weighted by Gasteiger charge is -2.34. The highest BCUT2D eigenvalue weighted by molar-refractivity contribution is 7.87. The van der Waals surface area contributed by atoms with Crippen LogP contribution in [0.5, 0.6) is 0 Å². The number of ether oxygens (including phenoxy) is 1. The Kier molecular flexibility index (Phi) is 6.87. The van der Waals surface area contributed by atoms with Gasteiger partial charge in [-0.25, -0.2) is 0 Å². The average molecular weight is 307 g/mol. The smallest absolute Gasteiger partial charge is 0.279 e. The molecule has 1 unspecified atom stereocenters. The van der Waals surface area contributed by atoms with Crippen molar-refractivity contribution in [2.75, 3.05) is 39.9 Å². The summed E-state index contributed by atoms with van der Waals surface area (Å²) in [5.41, 5.74) is -0.442. The molecular weight excluding hydrogens is 278 g/mol. The summed E-state index contributed by atoms with van der Waals surface area (Å²) in [6, 6.07) is 0. The number of hydrogen-bond donors (Lipinski definition) is 2. The fraction of sp³-hybridized carbons (Fsp3) is 1.00. The minimum atomic E-state index is -3.38. The molecule has 6 nitrogen and oxygen atoms in total. The van der Waals surface area contributed by atoms with Gasteiger partial charge in [-0.1, -0.05) is 0 Å². The summed E-state index contributed by atoms with van der Waals surface area (Å²) in [5.74, 6) is 0.372. The van der Waals surface area contributed by atoms with Crippen molar-refractivity contribution in [1.82, 2.24) is 14.3 Å². The molecule has 0 aromatic rings. The highest BCUT2D eigenvalue weighted by atomic mass is 32.2.